The molecule has 0 radical (unpaired) electrons. The van der Waals surface area contributed by atoms with E-state index < -0.39 is 17.9 Å². The van der Waals surface area contributed by atoms with E-state index in [1.54, 1.807) is 12.1 Å². The van der Waals surface area contributed by atoms with Crippen LogP contribution >= 0.6 is 0 Å². The van der Waals surface area contributed by atoms with E-state index in [9.17, 15) is 18.0 Å². The molecule has 0 bridgehead atoms. The molecule has 9 heteroatoms. The first-order chi connectivity index (χ1) is 17.5. The normalized spacial score (nSPS) is 16.4. The molecule has 2 aromatic rings. The first-order valence-electron chi connectivity index (χ1n) is 12.4. The summed E-state index contributed by atoms with van der Waals surface area (Å²) in [6, 6.07) is 9.66. The first-order valence-corrected chi connectivity index (χ1v) is 12.4. The molecular weight excluding hydrogens is 487 g/mol. The van der Waals surface area contributed by atoms with Crippen LogP contribution in [0.5, 0.6) is 11.5 Å². The van der Waals surface area contributed by atoms with E-state index in [0.717, 1.165) is 36.6 Å². The molecule has 0 unspecified atom stereocenters. The number of carbonyl (C=O) groups is 1. The van der Waals surface area contributed by atoms with Crippen LogP contribution in [0.3, 0.4) is 0 Å². The predicted molar refractivity (Wildman–Crippen MR) is 133 cm³/mol. The Morgan fingerprint density at radius 2 is 1.78 bits per heavy atom. The van der Waals surface area contributed by atoms with Crippen molar-refractivity contribution in [3.8, 4) is 11.5 Å². The second-order valence-electron chi connectivity index (χ2n) is 10.1. The summed E-state index contributed by atoms with van der Waals surface area (Å²) >= 11 is 0. The number of hydrogen-bond donors (Lipinski definition) is 1. The van der Waals surface area contributed by atoms with E-state index in [1.807, 2.05) is 26.0 Å². The SMILES string of the molecule is CC1=C(CN2CC(OC(=O)O)C2)CCc2cc(OCc3ccc(OCC(C)C)cc3C(F)(F)F)ccc21. The van der Waals surface area contributed by atoms with E-state index in [0.29, 0.717) is 25.4 Å². The summed E-state index contributed by atoms with van der Waals surface area (Å²) in [6.45, 7) is 8.02. The fourth-order valence-corrected chi connectivity index (χ4v) is 4.69. The van der Waals surface area contributed by atoms with Crippen molar-refractivity contribution in [1.82, 2.24) is 4.90 Å². The molecule has 0 atom stereocenters. The minimum Gasteiger partial charge on any atom is -0.493 e. The van der Waals surface area contributed by atoms with Crippen LogP contribution in [0.2, 0.25) is 0 Å². The Hall–Kier alpha value is -3.20. The van der Waals surface area contributed by atoms with E-state index in [1.165, 1.54) is 17.2 Å². The van der Waals surface area contributed by atoms with Gasteiger partial charge in [0.05, 0.1) is 12.2 Å². The third-order valence-corrected chi connectivity index (χ3v) is 6.68. The van der Waals surface area contributed by atoms with Gasteiger partial charge in [-0.3, -0.25) is 4.90 Å². The zero-order valence-electron chi connectivity index (χ0n) is 21.2. The Balaban J connectivity index is 1.41. The number of likely N-dealkylation sites (tertiary alicyclic amines) is 1. The van der Waals surface area contributed by atoms with Gasteiger partial charge in [0.2, 0.25) is 0 Å². The molecule has 0 amide bonds. The summed E-state index contributed by atoms with van der Waals surface area (Å²) in [4.78, 5) is 12.8. The average Bonchev–Trinajstić information content (AvgIpc) is 2.80. The van der Waals surface area contributed by atoms with Gasteiger partial charge in [0.1, 0.15) is 24.2 Å². The lowest BCUT2D eigenvalue weighted by Crippen LogP contribution is -2.53. The van der Waals surface area contributed by atoms with Gasteiger partial charge < -0.3 is 19.3 Å². The maximum Gasteiger partial charge on any atom is 0.506 e. The van der Waals surface area contributed by atoms with Crippen LogP contribution in [-0.4, -0.2) is 48.5 Å². The highest BCUT2D eigenvalue weighted by Crippen LogP contribution is 2.37. The molecule has 1 heterocycles. The predicted octanol–water partition coefficient (Wildman–Crippen LogP) is 6.42. The lowest BCUT2D eigenvalue weighted by molar-refractivity contribution is -0.138. The van der Waals surface area contributed by atoms with Gasteiger partial charge in [-0.25, -0.2) is 4.79 Å². The third kappa shape index (κ3) is 6.77. The van der Waals surface area contributed by atoms with Gasteiger partial charge in [-0.05, 0) is 66.6 Å². The van der Waals surface area contributed by atoms with Crippen LogP contribution in [-0.2, 0) is 23.9 Å². The van der Waals surface area contributed by atoms with Crippen LogP contribution in [0, 0.1) is 5.92 Å². The zero-order valence-corrected chi connectivity index (χ0v) is 21.2. The van der Waals surface area contributed by atoms with Crippen molar-refractivity contribution >= 4 is 11.7 Å². The van der Waals surface area contributed by atoms with Gasteiger partial charge in [-0.15, -0.1) is 0 Å². The number of benzene rings is 2. The molecule has 4 rings (SSSR count). The van der Waals surface area contributed by atoms with Crippen molar-refractivity contribution in [3.05, 3.63) is 64.2 Å². The summed E-state index contributed by atoms with van der Waals surface area (Å²) < 4.78 is 57.2. The minimum atomic E-state index is -4.51. The van der Waals surface area contributed by atoms with Crippen LogP contribution in [0.1, 0.15) is 49.4 Å². The summed E-state index contributed by atoms with van der Waals surface area (Å²) in [5, 5.41) is 8.71. The Morgan fingerprint density at radius 1 is 1.08 bits per heavy atom. The van der Waals surface area contributed by atoms with E-state index in [2.05, 4.69) is 11.8 Å². The highest BCUT2D eigenvalue weighted by atomic mass is 19.4. The van der Waals surface area contributed by atoms with Gasteiger partial charge >= 0.3 is 12.3 Å². The number of carboxylic acid groups (broad SMARTS) is 1. The molecule has 0 saturated carbocycles. The fraction of sp³-hybridized carbons (Fsp3) is 0.464. The van der Waals surface area contributed by atoms with Crippen molar-refractivity contribution in [2.75, 3.05) is 26.2 Å². The Morgan fingerprint density at radius 3 is 2.46 bits per heavy atom. The van der Waals surface area contributed by atoms with Crippen molar-refractivity contribution < 1.29 is 37.3 Å². The van der Waals surface area contributed by atoms with Crippen molar-refractivity contribution in [2.24, 2.45) is 5.92 Å². The maximum atomic E-state index is 13.7. The summed E-state index contributed by atoms with van der Waals surface area (Å²) in [5.41, 5.74) is 3.98. The number of aryl methyl sites for hydroxylation is 1. The lowest BCUT2D eigenvalue weighted by atomic mass is 9.85. The second kappa shape index (κ2) is 11.0. The summed E-state index contributed by atoms with van der Waals surface area (Å²) in [6.07, 6.45) is -4.36. The summed E-state index contributed by atoms with van der Waals surface area (Å²) in [5.74, 6) is 0.928. The maximum absolute atomic E-state index is 13.7. The lowest BCUT2D eigenvalue weighted by Gasteiger charge is -2.39. The number of allylic oxidation sites excluding steroid dienone is 1. The monoisotopic (exact) mass is 519 g/mol. The Kier molecular flexibility index (Phi) is 8.02. The number of nitrogens with zero attached hydrogens (tertiary/aromatic N) is 1. The molecular formula is C28H32F3NO5. The highest BCUT2D eigenvalue weighted by Gasteiger charge is 2.34. The third-order valence-electron chi connectivity index (χ3n) is 6.68. The van der Waals surface area contributed by atoms with E-state index in [4.69, 9.17) is 19.3 Å². The largest absolute Gasteiger partial charge is 0.506 e. The first kappa shape index (κ1) is 26.9. The molecule has 6 nitrogen and oxygen atoms in total. The molecule has 1 N–H and O–H groups in total. The Bertz CT molecular complexity index is 1170. The molecule has 200 valence electrons. The quantitative estimate of drug-likeness (QED) is 0.386. The molecule has 1 aliphatic heterocycles. The zero-order chi connectivity index (χ0) is 26.7. The molecule has 0 aromatic heterocycles. The number of ether oxygens (including phenoxy) is 3. The van der Waals surface area contributed by atoms with Gasteiger partial charge in [0.25, 0.3) is 0 Å². The molecule has 37 heavy (non-hydrogen) atoms. The van der Waals surface area contributed by atoms with Crippen molar-refractivity contribution in [1.29, 1.82) is 0 Å². The molecule has 2 aliphatic rings. The second-order valence-corrected chi connectivity index (χ2v) is 10.1. The van der Waals surface area contributed by atoms with E-state index >= 15 is 0 Å². The topological polar surface area (TPSA) is 68.2 Å². The highest BCUT2D eigenvalue weighted by molar-refractivity contribution is 5.72. The average molecular weight is 520 g/mol. The minimum absolute atomic E-state index is 0.0558. The van der Waals surface area contributed by atoms with Gasteiger partial charge in [0, 0.05) is 25.2 Å². The van der Waals surface area contributed by atoms with Crippen LogP contribution in [0.25, 0.3) is 5.57 Å². The van der Waals surface area contributed by atoms with Crippen molar-refractivity contribution in [3.63, 3.8) is 0 Å². The van der Waals surface area contributed by atoms with E-state index in [-0.39, 0.29) is 29.9 Å². The van der Waals surface area contributed by atoms with Crippen LogP contribution in [0.4, 0.5) is 18.0 Å². The van der Waals surface area contributed by atoms with Gasteiger partial charge in [-0.2, -0.15) is 13.2 Å². The number of hydrogen-bond acceptors (Lipinski definition) is 5. The van der Waals surface area contributed by atoms with Crippen molar-refractivity contribution in [2.45, 2.75) is 52.5 Å². The molecule has 0 spiro atoms. The number of alkyl halides is 3. The molecule has 1 saturated heterocycles. The number of rotatable bonds is 9. The Labute approximate surface area is 214 Å². The van der Waals surface area contributed by atoms with Crippen LogP contribution in [0.15, 0.2) is 42.0 Å². The molecule has 1 fully saturated rings. The van der Waals surface area contributed by atoms with Gasteiger partial charge in [-0.1, -0.05) is 31.6 Å². The fourth-order valence-electron chi connectivity index (χ4n) is 4.69. The molecule has 2 aromatic carbocycles. The number of halogens is 3. The smallest absolute Gasteiger partial charge is 0.493 e. The van der Waals surface area contributed by atoms with Gasteiger partial charge in [0.15, 0.2) is 0 Å². The standard InChI is InChI=1S/C28H32F3NO5/c1-17(2)15-35-23-7-6-21(26(11-23)28(29,30)31)16-36-22-8-9-25-18(3)20(5-4-19(25)10-22)12-32-13-24(14-32)37-27(33)34/h6-11,17,24H,4-5,12-16H2,1-3H3,(H,33,34). The summed E-state index contributed by atoms with van der Waals surface area (Å²) in [7, 11) is 0. The number of fused-ring (bicyclic) bond motifs is 1. The molecule has 1 aliphatic carbocycles. The van der Waals surface area contributed by atoms with Crippen LogP contribution < -0.4 is 9.47 Å².